The number of carbonyl (C=O) groups excluding carboxylic acids is 1. The smallest absolute Gasteiger partial charge is 0.259 e. The van der Waals surface area contributed by atoms with Crippen molar-refractivity contribution in [2.24, 2.45) is 16.3 Å². The molecule has 38 heavy (non-hydrogen) atoms. The number of methoxy groups -OCH3 is 1. The van der Waals surface area contributed by atoms with E-state index >= 15 is 0 Å². The van der Waals surface area contributed by atoms with Crippen LogP contribution >= 0.6 is 22.9 Å². The number of ether oxygens (including phenoxy) is 1. The minimum Gasteiger partial charge on any atom is -0.496 e. The number of thiophene rings is 1. The minimum absolute atomic E-state index is 0.130. The first-order chi connectivity index (χ1) is 18.1. The largest absolute Gasteiger partial charge is 0.496 e. The fourth-order valence-electron chi connectivity index (χ4n) is 5.08. The zero-order valence-corrected chi connectivity index (χ0v) is 24.8. The average Bonchev–Trinajstić information content (AvgIpc) is 3.27. The quantitative estimate of drug-likeness (QED) is 0.286. The lowest BCUT2D eigenvalue weighted by Crippen LogP contribution is -2.27. The highest BCUT2D eigenvalue weighted by Crippen LogP contribution is 2.45. The third-order valence-corrected chi connectivity index (χ3v) is 8.88. The molecule has 202 valence electrons. The van der Waals surface area contributed by atoms with Gasteiger partial charge in [-0.05, 0) is 86.4 Å². The highest BCUT2D eigenvalue weighted by Gasteiger charge is 2.33. The standard InChI is InChI=1S/C31H38ClN3O2S/c1-7-35(8-2)24-15-9-20(26(18-24)37-6)19-33-30-28(29(36)34-23-13-11-22(32)12-14-23)25-16-10-21(31(3,4)5)17-27(25)38-30/h9,11-15,18-19,21H,7-8,10,16-17H2,1-6H3,(H,34,36)/t21-/m0/s1. The first-order valence-corrected chi connectivity index (χ1v) is 14.5. The SMILES string of the molecule is CCN(CC)c1ccc(C=Nc2sc3c(c2C(=O)Nc2ccc(Cl)cc2)CC[C@H](C(C)(C)C)C3)c(OC)c1. The summed E-state index contributed by atoms with van der Waals surface area (Å²) in [6, 6.07) is 13.4. The molecular weight excluding hydrogens is 514 g/mol. The maximum atomic E-state index is 13.6. The van der Waals surface area contributed by atoms with Crippen molar-refractivity contribution in [1.29, 1.82) is 0 Å². The van der Waals surface area contributed by atoms with Crippen molar-refractivity contribution in [3.63, 3.8) is 0 Å². The van der Waals surface area contributed by atoms with E-state index in [2.05, 4.69) is 57.0 Å². The van der Waals surface area contributed by atoms with Gasteiger partial charge in [0.25, 0.3) is 5.91 Å². The van der Waals surface area contributed by atoms with Gasteiger partial charge in [-0.3, -0.25) is 4.79 Å². The highest BCUT2D eigenvalue weighted by molar-refractivity contribution is 7.16. The van der Waals surface area contributed by atoms with Gasteiger partial charge in [-0.25, -0.2) is 4.99 Å². The van der Waals surface area contributed by atoms with E-state index in [1.54, 1.807) is 30.6 Å². The Morgan fingerprint density at radius 1 is 1.18 bits per heavy atom. The van der Waals surface area contributed by atoms with Gasteiger partial charge < -0.3 is 15.0 Å². The van der Waals surface area contributed by atoms with Crippen LogP contribution in [0.15, 0.2) is 47.5 Å². The van der Waals surface area contributed by atoms with Crippen LogP contribution in [0.4, 0.5) is 16.4 Å². The molecule has 1 aromatic heterocycles. The molecule has 0 bridgehead atoms. The molecule has 0 fully saturated rings. The summed E-state index contributed by atoms with van der Waals surface area (Å²) in [4.78, 5) is 22.0. The van der Waals surface area contributed by atoms with Gasteiger partial charge in [-0.2, -0.15) is 0 Å². The lowest BCUT2D eigenvalue weighted by Gasteiger charge is -2.33. The summed E-state index contributed by atoms with van der Waals surface area (Å²) in [7, 11) is 1.68. The van der Waals surface area contributed by atoms with Crippen molar-refractivity contribution in [3.05, 3.63) is 69.1 Å². The number of anilines is 2. The summed E-state index contributed by atoms with van der Waals surface area (Å²) in [5.74, 6) is 1.21. The number of fused-ring (bicyclic) bond motifs is 1. The molecule has 0 saturated carbocycles. The van der Waals surface area contributed by atoms with Crippen molar-refractivity contribution in [2.45, 2.75) is 53.9 Å². The lowest BCUT2D eigenvalue weighted by atomic mass is 9.72. The second kappa shape index (κ2) is 11.9. The summed E-state index contributed by atoms with van der Waals surface area (Å²) in [6.07, 6.45) is 4.75. The molecule has 1 atom stereocenters. The molecule has 5 nitrogen and oxygen atoms in total. The van der Waals surface area contributed by atoms with Crippen LogP contribution in [0, 0.1) is 11.3 Å². The maximum absolute atomic E-state index is 13.6. The van der Waals surface area contributed by atoms with E-state index in [0.29, 0.717) is 22.2 Å². The number of carbonyl (C=O) groups is 1. The molecule has 0 aliphatic heterocycles. The monoisotopic (exact) mass is 551 g/mol. The van der Waals surface area contributed by atoms with Gasteiger partial charge in [0.15, 0.2) is 0 Å². The molecule has 1 heterocycles. The fraction of sp³-hybridized carbons (Fsp3) is 0.419. The number of hydrogen-bond acceptors (Lipinski definition) is 5. The molecule has 0 saturated heterocycles. The number of amides is 1. The second-order valence-electron chi connectivity index (χ2n) is 10.8. The van der Waals surface area contributed by atoms with Gasteiger partial charge >= 0.3 is 0 Å². The zero-order chi connectivity index (χ0) is 27.4. The van der Waals surface area contributed by atoms with Gasteiger partial charge in [0.1, 0.15) is 10.8 Å². The Balaban J connectivity index is 1.70. The number of nitrogens with zero attached hydrogens (tertiary/aromatic N) is 2. The molecule has 1 aliphatic rings. The van der Waals surface area contributed by atoms with Crippen LogP contribution in [0.25, 0.3) is 0 Å². The van der Waals surface area contributed by atoms with Crippen LogP contribution < -0.4 is 15.0 Å². The number of nitrogens with one attached hydrogen (secondary N) is 1. The van der Waals surface area contributed by atoms with Crippen molar-refractivity contribution in [1.82, 2.24) is 0 Å². The van der Waals surface area contributed by atoms with E-state index in [9.17, 15) is 4.79 Å². The average molecular weight is 552 g/mol. The van der Waals surface area contributed by atoms with Gasteiger partial charge in [0, 0.05) is 52.2 Å². The molecule has 0 radical (unpaired) electrons. The summed E-state index contributed by atoms with van der Waals surface area (Å²) in [6.45, 7) is 13.0. The minimum atomic E-state index is -0.130. The Hall–Kier alpha value is -2.83. The third-order valence-electron chi connectivity index (χ3n) is 7.47. The molecule has 1 aliphatic carbocycles. The summed E-state index contributed by atoms with van der Waals surface area (Å²) in [5, 5.41) is 4.44. The molecule has 7 heteroatoms. The normalized spacial score (nSPS) is 15.4. The van der Waals surface area contributed by atoms with Crippen molar-refractivity contribution in [3.8, 4) is 5.75 Å². The predicted octanol–water partition coefficient (Wildman–Crippen LogP) is 8.41. The molecular formula is C31H38ClN3O2S. The van der Waals surface area contributed by atoms with Crippen molar-refractivity contribution < 1.29 is 9.53 Å². The van der Waals surface area contributed by atoms with E-state index in [-0.39, 0.29) is 11.3 Å². The van der Waals surface area contributed by atoms with Crippen LogP contribution in [0.5, 0.6) is 5.75 Å². The Kier molecular flexibility index (Phi) is 8.84. The van der Waals surface area contributed by atoms with Gasteiger partial charge in [0.05, 0.1) is 12.7 Å². The van der Waals surface area contributed by atoms with Crippen LogP contribution in [0.3, 0.4) is 0 Å². The number of rotatable bonds is 8. The molecule has 1 N–H and O–H groups in total. The molecule has 4 rings (SSSR count). The van der Waals surface area contributed by atoms with E-state index in [1.807, 2.05) is 24.4 Å². The Labute approximate surface area is 235 Å². The Morgan fingerprint density at radius 3 is 2.53 bits per heavy atom. The van der Waals surface area contributed by atoms with E-state index in [4.69, 9.17) is 21.3 Å². The predicted molar refractivity (Wildman–Crippen MR) is 163 cm³/mol. The third kappa shape index (κ3) is 6.24. The van der Waals surface area contributed by atoms with E-state index < -0.39 is 0 Å². The maximum Gasteiger partial charge on any atom is 0.259 e. The van der Waals surface area contributed by atoms with Crippen molar-refractivity contribution >= 4 is 51.4 Å². The van der Waals surface area contributed by atoms with Crippen LogP contribution in [-0.2, 0) is 12.8 Å². The topological polar surface area (TPSA) is 53.9 Å². The highest BCUT2D eigenvalue weighted by atomic mass is 35.5. The molecule has 0 unspecified atom stereocenters. The van der Waals surface area contributed by atoms with Gasteiger partial charge in [0.2, 0.25) is 0 Å². The van der Waals surface area contributed by atoms with Crippen LogP contribution in [0.1, 0.15) is 67.4 Å². The number of aliphatic imine (C=N–C) groups is 1. The zero-order valence-electron chi connectivity index (χ0n) is 23.2. The first-order valence-electron chi connectivity index (χ1n) is 13.3. The Morgan fingerprint density at radius 2 is 1.89 bits per heavy atom. The molecule has 2 aromatic carbocycles. The number of benzene rings is 2. The van der Waals surface area contributed by atoms with E-state index in [1.165, 1.54) is 4.88 Å². The second-order valence-corrected chi connectivity index (χ2v) is 12.3. The Bertz CT molecular complexity index is 1300. The number of hydrogen-bond donors (Lipinski definition) is 1. The molecule has 3 aromatic rings. The van der Waals surface area contributed by atoms with Gasteiger partial charge in [-0.1, -0.05) is 32.4 Å². The summed E-state index contributed by atoms with van der Waals surface area (Å²) in [5.41, 5.74) is 4.75. The van der Waals surface area contributed by atoms with Crippen LogP contribution in [-0.4, -0.2) is 32.3 Å². The van der Waals surface area contributed by atoms with Crippen molar-refractivity contribution in [2.75, 3.05) is 30.4 Å². The first kappa shape index (κ1) is 28.2. The molecule has 0 spiro atoms. The fourth-order valence-corrected chi connectivity index (χ4v) is 6.48. The summed E-state index contributed by atoms with van der Waals surface area (Å²) < 4.78 is 5.71. The van der Waals surface area contributed by atoms with Crippen LogP contribution in [0.2, 0.25) is 5.02 Å². The van der Waals surface area contributed by atoms with E-state index in [0.717, 1.165) is 59.9 Å². The molecule has 1 amide bonds. The van der Waals surface area contributed by atoms with Gasteiger partial charge in [-0.15, -0.1) is 11.3 Å². The number of halogens is 1. The lowest BCUT2D eigenvalue weighted by molar-refractivity contribution is 0.102. The summed E-state index contributed by atoms with van der Waals surface area (Å²) >= 11 is 7.69.